The van der Waals surface area contributed by atoms with E-state index in [9.17, 15) is 9.59 Å². The molecule has 0 aliphatic heterocycles. The van der Waals surface area contributed by atoms with Gasteiger partial charge in [0.05, 0.1) is 0 Å². The van der Waals surface area contributed by atoms with Crippen LogP contribution in [0, 0.1) is 5.92 Å². The van der Waals surface area contributed by atoms with E-state index in [-0.39, 0.29) is 11.8 Å². The zero-order valence-corrected chi connectivity index (χ0v) is 11.4. The fraction of sp³-hybridized carbons (Fsp3) is 0.846. The maximum atomic E-state index is 11.5. The Labute approximate surface area is 110 Å². The number of rotatable bonds is 11. The summed E-state index contributed by atoms with van der Waals surface area (Å²) in [7, 11) is 0. The van der Waals surface area contributed by atoms with E-state index < -0.39 is 0 Å². The van der Waals surface area contributed by atoms with Crippen LogP contribution < -0.4 is 16.8 Å². The van der Waals surface area contributed by atoms with Gasteiger partial charge < -0.3 is 16.8 Å². The van der Waals surface area contributed by atoms with E-state index in [1.165, 1.54) is 0 Å². The molecule has 0 bridgehead atoms. The van der Waals surface area contributed by atoms with E-state index in [4.69, 9.17) is 11.5 Å². The molecule has 106 valence electrons. The highest BCUT2D eigenvalue weighted by Crippen LogP contribution is 2.16. The first-order valence-corrected chi connectivity index (χ1v) is 6.85. The fourth-order valence-corrected chi connectivity index (χ4v) is 1.99. The monoisotopic (exact) mass is 257 g/mol. The van der Waals surface area contributed by atoms with Crippen molar-refractivity contribution in [1.29, 1.82) is 0 Å². The molecule has 0 aromatic heterocycles. The topological polar surface area (TPSA) is 98.2 Å². The minimum Gasteiger partial charge on any atom is -0.370 e. The highest BCUT2D eigenvalue weighted by Gasteiger charge is 2.09. The summed E-state index contributed by atoms with van der Waals surface area (Å²) >= 11 is 0. The second-order valence-corrected chi connectivity index (χ2v) is 4.69. The summed E-state index contributed by atoms with van der Waals surface area (Å²) in [5.41, 5.74) is 10.6. The summed E-state index contributed by atoms with van der Waals surface area (Å²) in [5, 5.41) is 2.80. The first-order chi connectivity index (χ1) is 8.60. The van der Waals surface area contributed by atoms with Crippen LogP contribution in [0.5, 0.6) is 0 Å². The first kappa shape index (κ1) is 16.9. The molecule has 0 saturated heterocycles. The normalized spacial score (nSPS) is 12.1. The molecule has 18 heavy (non-hydrogen) atoms. The van der Waals surface area contributed by atoms with Crippen LogP contribution in [-0.4, -0.2) is 24.9 Å². The molecule has 0 aromatic carbocycles. The van der Waals surface area contributed by atoms with Crippen molar-refractivity contribution in [1.82, 2.24) is 5.32 Å². The van der Waals surface area contributed by atoms with Crippen LogP contribution in [-0.2, 0) is 9.59 Å². The molecular formula is C13H27N3O2. The van der Waals surface area contributed by atoms with E-state index >= 15 is 0 Å². The second-order valence-electron chi connectivity index (χ2n) is 4.69. The maximum absolute atomic E-state index is 11.5. The number of primary amides is 1. The van der Waals surface area contributed by atoms with Gasteiger partial charge in [-0.05, 0) is 31.7 Å². The number of carbonyl (C=O) groups excluding carboxylic acids is 2. The first-order valence-electron chi connectivity index (χ1n) is 6.85. The van der Waals surface area contributed by atoms with Gasteiger partial charge in [0.1, 0.15) is 0 Å². The molecule has 2 amide bonds. The van der Waals surface area contributed by atoms with Gasteiger partial charge in [0.15, 0.2) is 0 Å². The molecule has 0 aromatic rings. The van der Waals surface area contributed by atoms with Gasteiger partial charge in [-0.25, -0.2) is 0 Å². The smallest absolute Gasteiger partial charge is 0.220 e. The van der Waals surface area contributed by atoms with Gasteiger partial charge in [0, 0.05) is 19.4 Å². The van der Waals surface area contributed by atoms with Crippen molar-refractivity contribution < 1.29 is 9.59 Å². The Morgan fingerprint density at radius 1 is 1.17 bits per heavy atom. The number of amides is 2. The average Bonchev–Trinajstić information content (AvgIpc) is 2.32. The summed E-state index contributed by atoms with van der Waals surface area (Å²) in [5.74, 6) is 0.282. The Hall–Kier alpha value is -1.10. The van der Waals surface area contributed by atoms with Crippen molar-refractivity contribution in [2.75, 3.05) is 13.1 Å². The zero-order chi connectivity index (χ0) is 13.8. The predicted molar refractivity (Wildman–Crippen MR) is 72.7 cm³/mol. The van der Waals surface area contributed by atoms with Crippen LogP contribution in [0.2, 0.25) is 0 Å². The largest absolute Gasteiger partial charge is 0.370 e. The molecule has 0 fully saturated rings. The third-order valence-electron chi connectivity index (χ3n) is 2.97. The summed E-state index contributed by atoms with van der Waals surface area (Å²) in [4.78, 5) is 22.0. The third-order valence-corrected chi connectivity index (χ3v) is 2.97. The van der Waals surface area contributed by atoms with Gasteiger partial charge in [-0.2, -0.15) is 0 Å². The van der Waals surface area contributed by atoms with Crippen molar-refractivity contribution in [3.63, 3.8) is 0 Å². The lowest BCUT2D eigenvalue weighted by Gasteiger charge is -2.14. The Morgan fingerprint density at radius 3 is 2.44 bits per heavy atom. The molecule has 5 heteroatoms. The van der Waals surface area contributed by atoms with Crippen molar-refractivity contribution in [2.45, 2.75) is 51.9 Å². The van der Waals surface area contributed by atoms with Crippen molar-refractivity contribution in [3.05, 3.63) is 0 Å². The summed E-state index contributed by atoms with van der Waals surface area (Å²) in [6, 6.07) is 0. The van der Waals surface area contributed by atoms with Crippen LogP contribution in [0.4, 0.5) is 0 Å². The molecular weight excluding hydrogens is 230 g/mol. The van der Waals surface area contributed by atoms with Gasteiger partial charge >= 0.3 is 0 Å². The van der Waals surface area contributed by atoms with Crippen molar-refractivity contribution >= 4 is 11.8 Å². The molecule has 0 saturated carbocycles. The van der Waals surface area contributed by atoms with Crippen molar-refractivity contribution in [2.24, 2.45) is 17.4 Å². The van der Waals surface area contributed by atoms with E-state index in [1.54, 1.807) is 0 Å². The SMILES string of the molecule is CCCC(CCN)CCC(=O)NCCCC(N)=O. The molecule has 5 nitrogen and oxygen atoms in total. The van der Waals surface area contributed by atoms with Crippen molar-refractivity contribution in [3.8, 4) is 0 Å². The molecule has 0 aliphatic carbocycles. The number of carbonyl (C=O) groups is 2. The van der Waals surface area contributed by atoms with Crippen LogP contribution in [0.15, 0.2) is 0 Å². The number of nitrogens with two attached hydrogens (primary N) is 2. The lowest BCUT2D eigenvalue weighted by atomic mass is 9.94. The summed E-state index contributed by atoms with van der Waals surface area (Å²) < 4.78 is 0. The minimum absolute atomic E-state index is 0.0533. The fourth-order valence-electron chi connectivity index (χ4n) is 1.99. The van der Waals surface area contributed by atoms with E-state index in [2.05, 4.69) is 12.2 Å². The van der Waals surface area contributed by atoms with Gasteiger partial charge in [-0.3, -0.25) is 9.59 Å². The highest BCUT2D eigenvalue weighted by atomic mass is 16.2. The van der Waals surface area contributed by atoms with Crippen LogP contribution in [0.1, 0.15) is 51.9 Å². The molecule has 5 N–H and O–H groups in total. The summed E-state index contributed by atoms with van der Waals surface area (Å²) in [6.07, 6.45) is 5.63. The molecule has 0 spiro atoms. The number of nitrogens with one attached hydrogen (secondary N) is 1. The van der Waals surface area contributed by atoms with Crippen LogP contribution in [0.3, 0.4) is 0 Å². The summed E-state index contributed by atoms with van der Waals surface area (Å²) in [6.45, 7) is 3.36. The van der Waals surface area contributed by atoms with E-state index in [0.29, 0.717) is 38.3 Å². The zero-order valence-electron chi connectivity index (χ0n) is 11.4. The Kier molecular flexibility index (Phi) is 10.3. The molecule has 0 aliphatic rings. The van der Waals surface area contributed by atoms with E-state index in [1.807, 2.05) is 0 Å². The molecule has 0 radical (unpaired) electrons. The third kappa shape index (κ3) is 10.1. The van der Waals surface area contributed by atoms with Gasteiger partial charge in [-0.15, -0.1) is 0 Å². The number of hydrogen-bond acceptors (Lipinski definition) is 3. The Morgan fingerprint density at radius 2 is 1.89 bits per heavy atom. The predicted octanol–water partition coefficient (Wildman–Crippen LogP) is 0.913. The molecule has 0 heterocycles. The molecule has 0 rings (SSSR count). The van der Waals surface area contributed by atoms with E-state index in [0.717, 1.165) is 25.7 Å². The van der Waals surface area contributed by atoms with Gasteiger partial charge in [-0.1, -0.05) is 19.8 Å². The lowest BCUT2D eigenvalue weighted by Crippen LogP contribution is -2.26. The highest BCUT2D eigenvalue weighted by molar-refractivity contribution is 5.76. The van der Waals surface area contributed by atoms with Gasteiger partial charge in [0.2, 0.25) is 11.8 Å². The Balaban J connectivity index is 3.63. The number of hydrogen-bond donors (Lipinski definition) is 3. The Bertz CT molecular complexity index is 238. The van der Waals surface area contributed by atoms with Crippen LogP contribution in [0.25, 0.3) is 0 Å². The van der Waals surface area contributed by atoms with Crippen LogP contribution >= 0.6 is 0 Å². The molecule has 1 unspecified atom stereocenters. The minimum atomic E-state index is -0.324. The van der Waals surface area contributed by atoms with Gasteiger partial charge in [0.25, 0.3) is 0 Å². The standard InChI is InChI=1S/C13H27N3O2/c1-2-4-11(8-9-14)6-7-13(18)16-10-3-5-12(15)17/h11H,2-10,14H2,1H3,(H2,15,17)(H,16,18). The molecule has 1 atom stereocenters. The average molecular weight is 257 g/mol. The lowest BCUT2D eigenvalue weighted by molar-refractivity contribution is -0.122. The second kappa shape index (κ2) is 11.0. The maximum Gasteiger partial charge on any atom is 0.220 e. The quantitative estimate of drug-likeness (QED) is 0.480.